The zero-order chi connectivity index (χ0) is 18.1. The smallest absolute Gasteiger partial charge is 0.258 e. The zero-order valence-electron chi connectivity index (χ0n) is 15.0. The summed E-state index contributed by atoms with van der Waals surface area (Å²) in [6.07, 6.45) is 4.60. The fraction of sp³-hybridized carbons (Fsp3) is 0.444. The van der Waals surface area contributed by atoms with Gasteiger partial charge in [0.05, 0.1) is 22.7 Å². The zero-order valence-corrected chi connectivity index (χ0v) is 15.0. The van der Waals surface area contributed by atoms with Crippen molar-refractivity contribution < 1.29 is 9.32 Å². The summed E-state index contributed by atoms with van der Waals surface area (Å²) >= 11 is 0. The Morgan fingerprint density at radius 1 is 1.50 bits per heavy atom. The highest BCUT2D eigenvalue weighted by Gasteiger charge is 2.21. The molecule has 1 amide bonds. The van der Waals surface area contributed by atoms with Crippen molar-refractivity contribution in [2.24, 2.45) is 0 Å². The summed E-state index contributed by atoms with van der Waals surface area (Å²) in [6, 6.07) is 3.93. The molecule has 8 nitrogen and oxygen atoms in total. The predicted molar refractivity (Wildman–Crippen MR) is 97.2 cm³/mol. The number of carbonyl (C=O) groups is 1. The summed E-state index contributed by atoms with van der Waals surface area (Å²) in [5, 5.41) is 15.5. The lowest BCUT2D eigenvalue weighted by atomic mass is 10.1. The van der Waals surface area contributed by atoms with E-state index in [0.717, 1.165) is 38.0 Å². The van der Waals surface area contributed by atoms with Gasteiger partial charge in [-0.15, -0.1) is 0 Å². The number of aryl methyl sites for hydroxylation is 2. The molecule has 1 atom stereocenters. The maximum atomic E-state index is 12.9. The first-order valence-corrected chi connectivity index (χ1v) is 8.99. The van der Waals surface area contributed by atoms with Crippen LogP contribution in [0.1, 0.15) is 47.6 Å². The van der Waals surface area contributed by atoms with E-state index < -0.39 is 0 Å². The van der Waals surface area contributed by atoms with Crippen molar-refractivity contribution in [2.45, 2.75) is 39.2 Å². The largest absolute Gasteiger partial charge is 0.336 e. The number of nitrogens with zero attached hydrogens (tertiary/aromatic N) is 4. The van der Waals surface area contributed by atoms with Crippen molar-refractivity contribution in [3.63, 3.8) is 0 Å². The number of anilines is 1. The molecule has 0 radical (unpaired) electrons. The van der Waals surface area contributed by atoms with E-state index in [2.05, 4.69) is 32.8 Å². The van der Waals surface area contributed by atoms with Crippen LogP contribution in [0.25, 0.3) is 11.1 Å². The van der Waals surface area contributed by atoms with E-state index >= 15 is 0 Å². The molecule has 1 aliphatic rings. The Morgan fingerprint density at radius 3 is 3.15 bits per heavy atom. The molecule has 0 spiro atoms. The van der Waals surface area contributed by atoms with Crippen LogP contribution < -0.4 is 10.6 Å². The molecule has 1 aliphatic heterocycles. The number of carbonyl (C=O) groups excluding carboxylic acids is 1. The van der Waals surface area contributed by atoms with Crippen molar-refractivity contribution in [1.29, 1.82) is 0 Å². The highest BCUT2D eigenvalue weighted by atomic mass is 16.5. The van der Waals surface area contributed by atoms with E-state index in [-0.39, 0.29) is 5.91 Å². The van der Waals surface area contributed by atoms with Gasteiger partial charge in [0, 0.05) is 24.5 Å². The lowest BCUT2D eigenvalue weighted by Crippen LogP contribution is -2.16. The molecule has 1 unspecified atom stereocenters. The van der Waals surface area contributed by atoms with Gasteiger partial charge < -0.3 is 15.2 Å². The molecule has 2 N–H and O–H groups in total. The number of pyridine rings is 1. The van der Waals surface area contributed by atoms with Crippen LogP contribution in [0.4, 0.5) is 5.82 Å². The third-order valence-electron chi connectivity index (χ3n) is 4.64. The van der Waals surface area contributed by atoms with Crippen LogP contribution in [-0.4, -0.2) is 38.9 Å². The van der Waals surface area contributed by atoms with Gasteiger partial charge in [-0.1, -0.05) is 18.5 Å². The number of rotatable bonds is 5. The van der Waals surface area contributed by atoms with Crippen molar-refractivity contribution in [3.05, 3.63) is 35.3 Å². The fourth-order valence-corrected chi connectivity index (χ4v) is 3.38. The van der Waals surface area contributed by atoms with Crippen LogP contribution in [0, 0.1) is 6.92 Å². The van der Waals surface area contributed by atoms with Gasteiger partial charge in [0.25, 0.3) is 11.6 Å². The first-order chi connectivity index (χ1) is 12.7. The Kier molecular flexibility index (Phi) is 4.42. The molecule has 136 valence electrons. The Balaban J connectivity index is 1.62. The van der Waals surface area contributed by atoms with Gasteiger partial charge in [0.15, 0.2) is 5.82 Å². The van der Waals surface area contributed by atoms with Crippen LogP contribution in [0.5, 0.6) is 0 Å². The minimum Gasteiger partial charge on any atom is -0.336 e. The topological polar surface area (TPSA) is 97.9 Å². The van der Waals surface area contributed by atoms with Crippen LogP contribution in [0.15, 0.2) is 22.9 Å². The van der Waals surface area contributed by atoms with Crippen molar-refractivity contribution in [3.8, 4) is 0 Å². The van der Waals surface area contributed by atoms with Crippen LogP contribution in [0.2, 0.25) is 0 Å². The first kappa shape index (κ1) is 16.7. The summed E-state index contributed by atoms with van der Waals surface area (Å²) in [5.41, 5.74) is 2.41. The third kappa shape index (κ3) is 3.08. The van der Waals surface area contributed by atoms with Gasteiger partial charge in [0.1, 0.15) is 0 Å². The average Bonchev–Trinajstić information content (AvgIpc) is 3.35. The fourth-order valence-electron chi connectivity index (χ4n) is 3.38. The van der Waals surface area contributed by atoms with Crippen LogP contribution in [0.3, 0.4) is 0 Å². The molecule has 0 aromatic carbocycles. The van der Waals surface area contributed by atoms with Gasteiger partial charge >= 0.3 is 0 Å². The van der Waals surface area contributed by atoms with Crippen molar-refractivity contribution in [2.75, 3.05) is 18.4 Å². The molecule has 0 saturated carbocycles. The molecule has 3 aromatic heterocycles. The van der Waals surface area contributed by atoms with E-state index in [4.69, 9.17) is 4.52 Å². The number of aromatic nitrogens is 4. The molecule has 4 heterocycles. The summed E-state index contributed by atoms with van der Waals surface area (Å²) < 4.78 is 7.23. The molecule has 0 bridgehead atoms. The second-order valence-electron chi connectivity index (χ2n) is 6.65. The summed E-state index contributed by atoms with van der Waals surface area (Å²) in [5.74, 6) is 0.314. The lowest BCUT2D eigenvalue weighted by Gasteiger charge is -2.08. The molecule has 0 aliphatic carbocycles. The van der Waals surface area contributed by atoms with Crippen molar-refractivity contribution >= 4 is 22.8 Å². The molecule has 4 rings (SSSR count). The molecular formula is C18H22N6O2. The quantitative estimate of drug-likeness (QED) is 0.730. The average molecular weight is 354 g/mol. The first-order valence-electron chi connectivity index (χ1n) is 8.99. The summed E-state index contributed by atoms with van der Waals surface area (Å²) in [6.45, 7) is 5.79. The minimum absolute atomic E-state index is 0.226. The predicted octanol–water partition coefficient (Wildman–Crippen LogP) is 2.47. The van der Waals surface area contributed by atoms with Gasteiger partial charge in [-0.2, -0.15) is 5.10 Å². The molecule has 26 heavy (non-hydrogen) atoms. The number of hydrogen-bond donors (Lipinski definition) is 2. The SMILES string of the molecule is CCCc1noc2nc(C)cc(C(=O)Nc3ccn(C4CCNC4)n3)c12. The van der Waals surface area contributed by atoms with Gasteiger partial charge in [-0.05, 0) is 32.4 Å². The van der Waals surface area contributed by atoms with Gasteiger partial charge in [0.2, 0.25) is 0 Å². The Hall–Kier alpha value is -2.74. The minimum atomic E-state index is -0.226. The summed E-state index contributed by atoms with van der Waals surface area (Å²) in [7, 11) is 0. The monoisotopic (exact) mass is 354 g/mol. The Bertz CT molecular complexity index is 938. The normalized spacial score (nSPS) is 17.1. The van der Waals surface area contributed by atoms with E-state index in [1.807, 2.05) is 23.9 Å². The lowest BCUT2D eigenvalue weighted by molar-refractivity contribution is 0.102. The maximum Gasteiger partial charge on any atom is 0.258 e. The van der Waals surface area contributed by atoms with Gasteiger partial charge in [-0.25, -0.2) is 4.98 Å². The van der Waals surface area contributed by atoms with E-state index in [9.17, 15) is 4.79 Å². The summed E-state index contributed by atoms with van der Waals surface area (Å²) in [4.78, 5) is 17.2. The molecule has 1 saturated heterocycles. The highest BCUT2D eigenvalue weighted by Crippen LogP contribution is 2.24. The molecule has 8 heteroatoms. The number of nitrogens with one attached hydrogen (secondary N) is 2. The molecular weight excluding hydrogens is 332 g/mol. The molecule has 3 aromatic rings. The molecule has 1 fully saturated rings. The van der Waals surface area contributed by atoms with Crippen LogP contribution >= 0.6 is 0 Å². The standard InChI is InChI=1S/C18H22N6O2/c1-3-4-14-16-13(9-11(2)20-18(16)26-23-14)17(25)21-15-6-8-24(22-15)12-5-7-19-10-12/h6,8-9,12,19H,3-5,7,10H2,1-2H3,(H,21,22,25). The number of hydrogen-bond acceptors (Lipinski definition) is 6. The van der Waals surface area contributed by atoms with E-state index in [1.165, 1.54) is 0 Å². The van der Waals surface area contributed by atoms with Crippen molar-refractivity contribution in [1.82, 2.24) is 25.2 Å². The van der Waals surface area contributed by atoms with Crippen LogP contribution in [-0.2, 0) is 6.42 Å². The highest BCUT2D eigenvalue weighted by molar-refractivity contribution is 6.12. The second-order valence-corrected chi connectivity index (χ2v) is 6.65. The number of fused-ring (bicyclic) bond motifs is 1. The second kappa shape index (κ2) is 6.87. The third-order valence-corrected chi connectivity index (χ3v) is 4.64. The maximum absolute atomic E-state index is 12.9. The van der Waals surface area contributed by atoms with E-state index in [1.54, 1.807) is 6.07 Å². The Morgan fingerprint density at radius 2 is 2.38 bits per heavy atom. The Labute approximate surface area is 151 Å². The van der Waals surface area contributed by atoms with E-state index in [0.29, 0.717) is 34.2 Å². The van der Waals surface area contributed by atoms with Gasteiger partial charge in [-0.3, -0.25) is 9.48 Å². The number of amides is 1.